The summed E-state index contributed by atoms with van der Waals surface area (Å²) in [4.78, 5) is 11.9. The summed E-state index contributed by atoms with van der Waals surface area (Å²) >= 11 is 0. The maximum Gasteiger partial charge on any atom is 0.241 e. The highest BCUT2D eigenvalue weighted by atomic mass is 32.2. The van der Waals surface area contributed by atoms with Gasteiger partial charge in [-0.1, -0.05) is 25.8 Å². The van der Waals surface area contributed by atoms with Gasteiger partial charge in [0.15, 0.2) is 0 Å². The zero-order valence-electron chi connectivity index (χ0n) is 11.7. The lowest BCUT2D eigenvalue weighted by atomic mass is 10.1. The van der Waals surface area contributed by atoms with Gasteiger partial charge in [0.1, 0.15) is 0 Å². The summed E-state index contributed by atoms with van der Waals surface area (Å²) in [5.74, 6) is -0.308. The van der Waals surface area contributed by atoms with E-state index in [1.54, 1.807) is 12.1 Å². The van der Waals surface area contributed by atoms with Gasteiger partial charge in [-0.3, -0.25) is 4.79 Å². The zero-order valence-corrected chi connectivity index (χ0v) is 12.5. The average Bonchev–Trinajstić information content (AvgIpc) is 2.44. The van der Waals surface area contributed by atoms with E-state index in [4.69, 9.17) is 5.73 Å². The van der Waals surface area contributed by atoms with Crippen molar-refractivity contribution in [1.29, 1.82) is 0 Å². The van der Waals surface area contributed by atoms with Gasteiger partial charge in [0.25, 0.3) is 0 Å². The molecule has 4 N–H and O–H groups in total. The van der Waals surface area contributed by atoms with Gasteiger partial charge in [0, 0.05) is 5.69 Å². The number of rotatable bonds is 7. The average molecular weight is 299 g/mol. The third-order valence-corrected chi connectivity index (χ3v) is 4.30. The predicted octanol–water partition coefficient (Wildman–Crippen LogP) is 1.05. The number of carbonyl (C=O) groups excluding carboxylic acids is 1. The number of hydrogen-bond acceptors (Lipinski definition) is 4. The minimum atomic E-state index is -3.52. The number of nitrogens with two attached hydrogens (primary N) is 1. The molecule has 0 aromatic heterocycles. The zero-order chi connectivity index (χ0) is 15.2. The van der Waals surface area contributed by atoms with Crippen molar-refractivity contribution in [2.75, 3.05) is 12.4 Å². The van der Waals surface area contributed by atoms with E-state index < -0.39 is 16.1 Å². The van der Waals surface area contributed by atoms with Gasteiger partial charge in [-0.05, 0) is 31.7 Å². The van der Waals surface area contributed by atoms with Gasteiger partial charge >= 0.3 is 0 Å². The molecule has 7 heteroatoms. The molecule has 112 valence electrons. The Morgan fingerprint density at radius 1 is 1.40 bits per heavy atom. The van der Waals surface area contributed by atoms with Crippen molar-refractivity contribution in [1.82, 2.24) is 4.72 Å². The number of nitrogens with one attached hydrogen (secondary N) is 2. The van der Waals surface area contributed by atoms with E-state index in [9.17, 15) is 13.2 Å². The fourth-order valence-corrected chi connectivity index (χ4v) is 2.42. The van der Waals surface area contributed by atoms with Gasteiger partial charge in [0.05, 0.1) is 10.9 Å². The maximum atomic E-state index is 11.8. The van der Waals surface area contributed by atoms with Crippen LogP contribution in [0.15, 0.2) is 29.2 Å². The molecule has 1 amide bonds. The number of hydrogen-bond donors (Lipinski definition) is 3. The normalized spacial score (nSPS) is 12.9. The Kier molecular flexibility index (Phi) is 6.12. The predicted molar refractivity (Wildman–Crippen MR) is 78.8 cm³/mol. The molecule has 0 unspecified atom stereocenters. The second-order valence-electron chi connectivity index (χ2n) is 4.47. The molecule has 0 saturated carbocycles. The number of unbranched alkanes of at least 4 members (excludes halogenated alkanes) is 1. The van der Waals surface area contributed by atoms with E-state index in [1.165, 1.54) is 19.2 Å². The van der Waals surface area contributed by atoms with E-state index in [-0.39, 0.29) is 10.8 Å². The molecule has 0 heterocycles. The van der Waals surface area contributed by atoms with Crippen LogP contribution in [0, 0.1) is 0 Å². The van der Waals surface area contributed by atoms with Crippen LogP contribution < -0.4 is 15.8 Å². The van der Waals surface area contributed by atoms with Crippen LogP contribution in [0.3, 0.4) is 0 Å². The van der Waals surface area contributed by atoms with Crippen LogP contribution >= 0.6 is 0 Å². The highest BCUT2D eigenvalue weighted by molar-refractivity contribution is 7.89. The molecule has 1 aromatic carbocycles. The molecule has 20 heavy (non-hydrogen) atoms. The second-order valence-corrected chi connectivity index (χ2v) is 6.36. The fourth-order valence-electron chi connectivity index (χ4n) is 1.65. The van der Waals surface area contributed by atoms with Crippen molar-refractivity contribution in [3.63, 3.8) is 0 Å². The van der Waals surface area contributed by atoms with Crippen molar-refractivity contribution < 1.29 is 13.2 Å². The lowest BCUT2D eigenvalue weighted by molar-refractivity contribution is -0.117. The number of anilines is 1. The first-order chi connectivity index (χ1) is 9.40. The summed E-state index contributed by atoms with van der Waals surface area (Å²) in [6, 6.07) is 5.46. The summed E-state index contributed by atoms with van der Waals surface area (Å²) < 4.78 is 25.6. The minimum Gasteiger partial charge on any atom is -0.325 e. The Morgan fingerprint density at radius 2 is 2.10 bits per heavy atom. The van der Waals surface area contributed by atoms with Crippen LogP contribution in [-0.4, -0.2) is 27.4 Å². The highest BCUT2D eigenvalue weighted by Gasteiger charge is 2.15. The summed E-state index contributed by atoms with van der Waals surface area (Å²) in [6.07, 6.45) is 2.45. The molecule has 0 spiro atoms. The van der Waals surface area contributed by atoms with Crippen molar-refractivity contribution in [2.24, 2.45) is 5.73 Å². The lowest BCUT2D eigenvalue weighted by Gasteiger charge is -2.12. The maximum absolute atomic E-state index is 11.8. The standard InChI is InChI=1S/C13H21N3O3S/c1-3-4-8-12(14)13(17)16-10-6-5-7-11(9-10)20(18,19)15-2/h5-7,9,12,15H,3-4,8,14H2,1-2H3,(H,16,17)/t12-/m0/s1. The third kappa shape index (κ3) is 4.59. The van der Waals surface area contributed by atoms with Crippen LogP contribution in [0.25, 0.3) is 0 Å². The van der Waals surface area contributed by atoms with Crippen LogP contribution in [-0.2, 0) is 14.8 Å². The van der Waals surface area contributed by atoms with Gasteiger partial charge in [0.2, 0.25) is 15.9 Å². The molecule has 0 aliphatic carbocycles. The van der Waals surface area contributed by atoms with Crippen LogP contribution in [0.4, 0.5) is 5.69 Å². The molecule has 1 atom stereocenters. The molecule has 0 saturated heterocycles. The Bertz CT molecular complexity index is 558. The van der Waals surface area contributed by atoms with Crippen LogP contribution in [0.2, 0.25) is 0 Å². The number of sulfonamides is 1. The highest BCUT2D eigenvalue weighted by Crippen LogP contribution is 2.15. The van der Waals surface area contributed by atoms with E-state index in [0.717, 1.165) is 12.8 Å². The number of carbonyl (C=O) groups is 1. The summed E-state index contributed by atoms with van der Waals surface area (Å²) in [6.45, 7) is 2.02. The van der Waals surface area contributed by atoms with Crippen molar-refractivity contribution in [2.45, 2.75) is 37.1 Å². The quantitative estimate of drug-likeness (QED) is 0.700. The van der Waals surface area contributed by atoms with Crippen LogP contribution in [0.5, 0.6) is 0 Å². The summed E-state index contributed by atoms with van der Waals surface area (Å²) in [5.41, 5.74) is 6.17. The second kappa shape index (κ2) is 7.37. The van der Waals surface area contributed by atoms with Gasteiger partial charge < -0.3 is 11.1 Å². The molecule has 6 nitrogen and oxygen atoms in total. The molecule has 1 aromatic rings. The minimum absolute atomic E-state index is 0.0972. The SMILES string of the molecule is CCCC[C@H](N)C(=O)Nc1cccc(S(=O)(=O)NC)c1. The Labute approximate surface area is 119 Å². The molecule has 1 rings (SSSR count). The number of benzene rings is 1. The van der Waals surface area contributed by atoms with Gasteiger partial charge in [-0.2, -0.15) is 0 Å². The first kappa shape index (κ1) is 16.6. The topological polar surface area (TPSA) is 101 Å². The molecule has 0 bridgehead atoms. The Hall–Kier alpha value is -1.44. The Balaban J connectivity index is 2.79. The Morgan fingerprint density at radius 3 is 2.70 bits per heavy atom. The van der Waals surface area contributed by atoms with E-state index >= 15 is 0 Å². The monoisotopic (exact) mass is 299 g/mol. The largest absolute Gasteiger partial charge is 0.325 e. The third-order valence-electron chi connectivity index (χ3n) is 2.89. The summed E-state index contributed by atoms with van der Waals surface area (Å²) in [5, 5.41) is 2.63. The lowest BCUT2D eigenvalue weighted by Crippen LogP contribution is -2.35. The van der Waals surface area contributed by atoms with Gasteiger partial charge in [-0.25, -0.2) is 13.1 Å². The van der Waals surface area contributed by atoms with E-state index in [2.05, 4.69) is 10.0 Å². The molecule has 0 radical (unpaired) electrons. The fraction of sp³-hybridized carbons (Fsp3) is 0.462. The molecule has 0 fully saturated rings. The summed E-state index contributed by atoms with van der Waals surface area (Å²) in [7, 11) is -2.19. The smallest absolute Gasteiger partial charge is 0.241 e. The van der Waals surface area contributed by atoms with E-state index in [1.807, 2.05) is 6.92 Å². The molecule has 0 aliphatic rings. The first-order valence-corrected chi connectivity index (χ1v) is 7.99. The van der Waals surface area contributed by atoms with Crippen molar-refractivity contribution in [3.05, 3.63) is 24.3 Å². The van der Waals surface area contributed by atoms with Crippen LogP contribution in [0.1, 0.15) is 26.2 Å². The first-order valence-electron chi connectivity index (χ1n) is 6.50. The molecular weight excluding hydrogens is 278 g/mol. The van der Waals surface area contributed by atoms with Crippen molar-refractivity contribution in [3.8, 4) is 0 Å². The van der Waals surface area contributed by atoms with E-state index in [0.29, 0.717) is 12.1 Å². The molecular formula is C13H21N3O3S. The van der Waals surface area contributed by atoms with Gasteiger partial charge in [-0.15, -0.1) is 0 Å². The number of amides is 1. The van der Waals surface area contributed by atoms with Crippen molar-refractivity contribution >= 4 is 21.6 Å². The molecule has 0 aliphatic heterocycles.